The van der Waals surface area contributed by atoms with Crippen LogP contribution >= 0.6 is 11.6 Å². The van der Waals surface area contributed by atoms with Gasteiger partial charge in [-0.05, 0) is 36.1 Å². The zero-order chi connectivity index (χ0) is 13.8. The van der Waals surface area contributed by atoms with Crippen LogP contribution in [0.25, 0.3) is 0 Å². The molecule has 0 amide bonds. The van der Waals surface area contributed by atoms with Crippen molar-refractivity contribution < 1.29 is 14.8 Å². The number of hydrogen-bond acceptors (Lipinski definition) is 4. The number of pyridine rings is 1. The maximum atomic E-state index is 9.25. The van der Waals surface area contributed by atoms with Gasteiger partial charge in [0.2, 0.25) is 0 Å². The molecule has 1 aromatic heterocycles. The minimum atomic E-state index is -1.54. The lowest BCUT2D eigenvalue weighted by atomic mass is 9.77. The number of hydrogen-bond donors (Lipinski definition) is 2. The van der Waals surface area contributed by atoms with Crippen molar-refractivity contribution in [3.05, 3.63) is 52.8 Å². The van der Waals surface area contributed by atoms with Gasteiger partial charge in [-0.1, -0.05) is 17.7 Å². The minimum absolute atomic E-state index is 0.317. The van der Waals surface area contributed by atoms with Gasteiger partial charge in [0.25, 0.3) is 0 Å². The molecule has 2 N–H and O–H groups in total. The zero-order valence-electron chi connectivity index (χ0n) is 10.4. The van der Waals surface area contributed by atoms with E-state index < -0.39 is 7.12 Å². The smallest absolute Gasteiger partial charge is 0.487 e. The maximum absolute atomic E-state index is 9.25. The molecule has 0 unspecified atom stereocenters. The summed E-state index contributed by atoms with van der Waals surface area (Å²) in [6, 6.07) is 6.89. The number of benzene rings is 1. The second-order valence-electron chi connectivity index (χ2n) is 4.16. The Labute approximate surface area is 116 Å². The predicted molar refractivity (Wildman–Crippen MR) is 74.6 cm³/mol. The molecule has 0 aliphatic heterocycles. The molecular formula is C13H13BClNO3. The molecule has 0 saturated carbocycles. The fourth-order valence-electron chi connectivity index (χ4n) is 1.70. The number of ether oxygens (including phenoxy) is 1. The summed E-state index contributed by atoms with van der Waals surface area (Å²) < 4.78 is 5.57. The van der Waals surface area contributed by atoms with Gasteiger partial charge in [-0.15, -0.1) is 0 Å². The molecule has 98 valence electrons. The van der Waals surface area contributed by atoms with Crippen LogP contribution in [0, 0.1) is 6.92 Å². The Morgan fingerprint density at radius 2 is 2.16 bits per heavy atom. The summed E-state index contributed by atoms with van der Waals surface area (Å²) in [5.41, 5.74) is 1.99. The molecule has 0 fully saturated rings. The van der Waals surface area contributed by atoms with Gasteiger partial charge in [-0.3, -0.25) is 4.98 Å². The van der Waals surface area contributed by atoms with E-state index in [0.29, 0.717) is 28.4 Å². The van der Waals surface area contributed by atoms with E-state index >= 15 is 0 Å². The second kappa shape index (κ2) is 6.06. The molecule has 4 nitrogen and oxygen atoms in total. The molecule has 6 heteroatoms. The van der Waals surface area contributed by atoms with E-state index in [1.165, 1.54) is 0 Å². The third kappa shape index (κ3) is 3.47. The van der Waals surface area contributed by atoms with Crippen molar-refractivity contribution in [3.8, 4) is 5.75 Å². The largest absolute Gasteiger partial charge is 0.488 e. The van der Waals surface area contributed by atoms with E-state index in [0.717, 1.165) is 5.56 Å². The van der Waals surface area contributed by atoms with Gasteiger partial charge < -0.3 is 14.8 Å². The van der Waals surface area contributed by atoms with Gasteiger partial charge in [0.15, 0.2) is 0 Å². The van der Waals surface area contributed by atoms with Crippen molar-refractivity contribution in [1.82, 2.24) is 4.98 Å². The summed E-state index contributed by atoms with van der Waals surface area (Å²) >= 11 is 6.07. The molecule has 0 aliphatic rings. The average molecular weight is 278 g/mol. The van der Waals surface area contributed by atoms with E-state index in [1.54, 1.807) is 31.5 Å². The predicted octanol–water partition coefficient (Wildman–Crippen LogP) is 1.30. The highest BCUT2D eigenvalue weighted by molar-refractivity contribution is 6.59. The van der Waals surface area contributed by atoms with Crippen LogP contribution in [0.2, 0.25) is 5.02 Å². The highest BCUT2D eigenvalue weighted by atomic mass is 35.5. The summed E-state index contributed by atoms with van der Waals surface area (Å²) in [5, 5.41) is 18.9. The molecule has 1 heterocycles. The molecule has 2 rings (SSSR count). The van der Waals surface area contributed by atoms with Crippen molar-refractivity contribution in [1.29, 1.82) is 0 Å². The normalized spacial score (nSPS) is 10.3. The van der Waals surface area contributed by atoms with Crippen molar-refractivity contribution >= 4 is 24.2 Å². The number of aryl methyl sites for hydroxylation is 1. The lowest BCUT2D eigenvalue weighted by Crippen LogP contribution is -2.32. The van der Waals surface area contributed by atoms with Crippen LogP contribution in [0.4, 0.5) is 0 Å². The molecule has 0 saturated heterocycles. The van der Waals surface area contributed by atoms with Crippen LogP contribution in [0.3, 0.4) is 0 Å². The van der Waals surface area contributed by atoms with Crippen molar-refractivity contribution in [2.45, 2.75) is 13.5 Å². The molecule has 2 aromatic rings. The second-order valence-corrected chi connectivity index (χ2v) is 4.57. The van der Waals surface area contributed by atoms with E-state index in [9.17, 15) is 10.0 Å². The molecule has 0 bridgehead atoms. The molecule has 1 aromatic carbocycles. The van der Waals surface area contributed by atoms with Crippen LogP contribution in [-0.4, -0.2) is 22.2 Å². The number of rotatable bonds is 4. The van der Waals surface area contributed by atoms with Crippen LogP contribution in [0.1, 0.15) is 11.1 Å². The topological polar surface area (TPSA) is 62.6 Å². The standard InChI is InChI=1S/C13H13BClNO3/c1-9-5-12(15)13(6-11(9)14(17)18)19-8-10-3-2-4-16-7-10/h2-7,17-18H,8H2,1H3. The van der Waals surface area contributed by atoms with Gasteiger partial charge >= 0.3 is 7.12 Å². The molecule has 0 aliphatic carbocycles. The number of nitrogens with zero attached hydrogens (tertiary/aromatic N) is 1. The van der Waals surface area contributed by atoms with Crippen LogP contribution < -0.4 is 10.2 Å². The molecular weight excluding hydrogens is 264 g/mol. The van der Waals surface area contributed by atoms with Gasteiger partial charge in [0, 0.05) is 18.0 Å². The molecule has 19 heavy (non-hydrogen) atoms. The first-order valence-corrected chi connectivity index (χ1v) is 6.13. The van der Waals surface area contributed by atoms with E-state index in [2.05, 4.69) is 4.98 Å². The molecule has 0 spiro atoms. The monoisotopic (exact) mass is 277 g/mol. The highest BCUT2D eigenvalue weighted by Gasteiger charge is 2.17. The highest BCUT2D eigenvalue weighted by Crippen LogP contribution is 2.25. The average Bonchev–Trinajstić information content (AvgIpc) is 2.38. The van der Waals surface area contributed by atoms with E-state index in [1.807, 2.05) is 12.1 Å². The third-order valence-corrected chi connectivity index (χ3v) is 3.01. The Morgan fingerprint density at radius 1 is 1.37 bits per heavy atom. The number of aromatic nitrogens is 1. The zero-order valence-corrected chi connectivity index (χ0v) is 11.1. The Hall–Kier alpha value is -1.56. The Morgan fingerprint density at radius 3 is 2.79 bits per heavy atom. The van der Waals surface area contributed by atoms with Gasteiger partial charge in [0.05, 0.1) is 5.02 Å². The summed E-state index contributed by atoms with van der Waals surface area (Å²) in [6.45, 7) is 2.07. The van der Waals surface area contributed by atoms with E-state index in [-0.39, 0.29) is 0 Å². The maximum Gasteiger partial charge on any atom is 0.488 e. The summed E-state index contributed by atoms with van der Waals surface area (Å²) in [5.74, 6) is 0.416. The third-order valence-electron chi connectivity index (χ3n) is 2.72. The van der Waals surface area contributed by atoms with Gasteiger partial charge in [0.1, 0.15) is 12.4 Å². The van der Waals surface area contributed by atoms with Crippen molar-refractivity contribution in [3.63, 3.8) is 0 Å². The Bertz CT molecular complexity index is 563. The molecule has 0 radical (unpaired) electrons. The van der Waals surface area contributed by atoms with Crippen LogP contribution in [0.5, 0.6) is 5.75 Å². The SMILES string of the molecule is Cc1cc(Cl)c(OCc2cccnc2)cc1B(O)O. The first-order valence-electron chi connectivity index (χ1n) is 5.76. The summed E-state index contributed by atoms with van der Waals surface area (Å²) in [6.07, 6.45) is 3.38. The lowest BCUT2D eigenvalue weighted by Gasteiger charge is -2.12. The summed E-state index contributed by atoms with van der Waals surface area (Å²) in [7, 11) is -1.54. The van der Waals surface area contributed by atoms with Crippen LogP contribution in [0.15, 0.2) is 36.7 Å². The quantitative estimate of drug-likeness (QED) is 0.827. The first kappa shape index (κ1) is 13.9. The van der Waals surface area contributed by atoms with Crippen molar-refractivity contribution in [2.75, 3.05) is 0 Å². The lowest BCUT2D eigenvalue weighted by molar-refractivity contribution is 0.306. The fraction of sp³-hybridized carbons (Fsp3) is 0.154. The van der Waals surface area contributed by atoms with Gasteiger partial charge in [-0.25, -0.2) is 0 Å². The number of halogens is 1. The fourth-order valence-corrected chi connectivity index (χ4v) is 1.97. The van der Waals surface area contributed by atoms with Gasteiger partial charge in [-0.2, -0.15) is 0 Å². The Kier molecular flexibility index (Phi) is 4.42. The summed E-state index contributed by atoms with van der Waals surface area (Å²) in [4.78, 5) is 3.99. The van der Waals surface area contributed by atoms with E-state index in [4.69, 9.17) is 16.3 Å². The van der Waals surface area contributed by atoms with Crippen LogP contribution in [-0.2, 0) is 6.61 Å². The Balaban J connectivity index is 2.18. The first-order chi connectivity index (χ1) is 9.08. The molecule has 0 atom stereocenters. The minimum Gasteiger partial charge on any atom is -0.487 e. The van der Waals surface area contributed by atoms with Crippen molar-refractivity contribution in [2.24, 2.45) is 0 Å².